The number of aliphatic hydroxyl groups is 1. The number of carbonyl (C=O) groups is 4. The van der Waals surface area contributed by atoms with Crippen molar-refractivity contribution in [2.45, 2.75) is 161 Å². The van der Waals surface area contributed by atoms with Gasteiger partial charge in [0.15, 0.2) is 0 Å². The molecule has 0 aromatic carbocycles. The van der Waals surface area contributed by atoms with Gasteiger partial charge in [-0.2, -0.15) is 0 Å². The number of hydrogen-bond acceptors (Lipinski definition) is 6. The number of allylic oxidation sites excluding steroid dienone is 10. The van der Waals surface area contributed by atoms with Crippen LogP contribution < -0.4 is 10.6 Å². The third-order valence-corrected chi connectivity index (χ3v) is 8.20. The van der Waals surface area contributed by atoms with Crippen molar-refractivity contribution >= 4 is 23.8 Å². The molecule has 0 aromatic rings. The number of esters is 1. The molecule has 0 fully saturated rings. The Morgan fingerprint density at radius 3 is 1.75 bits per heavy atom. The summed E-state index contributed by atoms with van der Waals surface area (Å²) in [7, 11) is 0. The van der Waals surface area contributed by atoms with Crippen LogP contribution in [0.3, 0.4) is 0 Å². The molecule has 0 rings (SSSR count). The zero-order valence-electron chi connectivity index (χ0n) is 32.3. The highest BCUT2D eigenvalue weighted by Gasteiger charge is 2.18. The van der Waals surface area contributed by atoms with Gasteiger partial charge in [-0.05, 0) is 70.3 Å². The van der Waals surface area contributed by atoms with Gasteiger partial charge in [-0.3, -0.25) is 14.4 Å². The van der Waals surface area contributed by atoms with Crippen molar-refractivity contribution in [1.29, 1.82) is 0 Å². The van der Waals surface area contributed by atoms with Crippen LogP contribution in [0.2, 0.25) is 0 Å². The van der Waals surface area contributed by atoms with Crippen LogP contribution in [-0.4, -0.2) is 59.3 Å². The summed E-state index contributed by atoms with van der Waals surface area (Å²) in [5.74, 6) is -2.48. The van der Waals surface area contributed by atoms with Crippen molar-refractivity contribution in [2.24, 2.45) is 0 Å². The predicted octanol–water partition coefficient (Wildman–Crippen LogP) is 9.15. The Hall–Kier alpha value is -3.72. The Labute approximate surface area is 314 Å². The highest BCUT2D eigenvalue weighted by molar-refractivity contribution is 5.87. The number of hydrogen-bond donors (Lipinski definition) is 4. The summed E-state index contributed by atoms with van der Waals surface area (Å²) in [5.41, 5.74) is 0. The fourth-order valence-corrected chi connectivity index (χ4v) is 5.17. The van der Waals surface area contributed by atoms with Crippen molar-refractivity contribution in [3.05, 3.63) is 72.9 Å². The Balaban J connectivity index is 4.41. The molecule has 4 N–H and O–H groups in total. The van der Waals surface area contributed by atoms with Crippen LogP contribution in [0.15, 0.2) is 72.9 Å². The smallest absolute Gasteiger partial charge is 0.328 e. The molecule has 52 heavy (non-hydrogen) atoms. The second-order valence-corrected chi connectivity index (χ2v) is 13.0. The molecule has 0 aliphatic heterocycles. The van der Waals surface area contributed by atoms with Gasteiger partial charge in [0.05, 0.1) is 19.6 Å². The predicted molar refractivity (Wildman–Crippen MR) is 213 cm³/mol. The van der Waals surface area contributed by atoms with Crippen LogP contribution in [0.4, 0.5) is 0 Å². The molecule has 0 aromatic heterocycles. The van der Waals surface area contributed by atoms with Gasteiger partial charge < -0.3 is 25.6 Å². The number of ether oxygens (including phenoxy) is 1. The zero-order valence-corrected chi connectivity index (χ0v) is 32.3. The first kappa shape index (κ1) is 48.3. The number of unbranched alkanes of at least 4 members (excludes halogenated alkanes) is 11. The van der Waals surface area contributed by atoms with Gasteiger partial charge in [-0.25, -0.2) is 4.79 Å². The quantitative estimate of drug-likeness (QED) is 0.0294. The molecule has 9 heteroatoms. The number of carboxylic acid groups (broad SMARTS) is 1. The van der Waals surface area contributed by atoms with Crippen LogP contribution in [0.1, 0.15) is 149 Å². The van der Waals surface area contributed by atoms with Gasteiger partial charge in [0.25, 0.3) is 0 Å². The van der Waals surface area contributed by atoms with Crippen LogP contribution >= 0.6 is 0 Å². The molecule has 0 spiro atoms. The van der Waals surface area contributed by atoms with E-state index in [2.05, 4.69) is 85.2 Å². The SMILES string of the molecule is CC/C=C\C/C=C\C/C=C\C/C=C\C/C=C\CC(=O)OC(/C=C\CCCCCCCC)CCCCCCCCC(=O)NCC(=O)NC(CO)C(=O)O. The maximum absolute atomic E-state index is 12.6. The summed E-state index contributed by atoms with van der Waals surface area (Å²) in [6.45, 7) is 3.32. The first-order chi connectivity index (χ1) is 25.3. The number of aliphatic hydroxyl groups excluding tert-OH is 1. The molecule has 0 saturated heterocycles. The standard InChI is InChI=1S/C43H70N2O7/c1-3-5-7-9-11-13-14-15-16-17-18-19-21-27-31-35-42(49)52-38(32-28-24-20-12-10-8-6-4-2)33-29-25-22-23-26-30-34-40(47)44-36-41(48)45-39(37-46)43(50)51/h5,7,11,13,15-16,18-19,27-28,31-32,38-39,46H,3-4,6,8-10,12,14,17,20-26,29-30,33-37H2,1-2H3,(H,44,47)(H,45,48)(H,50,51)/b7-5-,13-11-,16-15-,19-18-,31-27-,32-28-. The van der Waals surface area contributed by atoms with Gasteiger partial charge in [-0.15, -0.1) is 0 Å². The number of aliphatic carboxylic acids is 1. The summed E-state index contributed by atoms with van der Waals surface area (Å²) in [6, 6.07) is -1.39. The van der Waals surface area contributed by atoms with E-state index in [0.717, 1.165) is 83.5 Å². The van der Waals surface area contributed by atoms with E-state index in [0.29, 0.717) is 6.42 Å². The first-order valence-corrected chi connectivity index (χ1v) is 19.8. The number of nitrogens with one attached hydrogen (secondary N) is 2. The van der Waals surface area contributed by atoms with Crippen LogP contribution in [0.25, 0.3) is 0 Å². The van der Waals surface area contributed by atoms with Crippen molar-refractivity contribution in [2.75, 3.05) is 13.2 Å². The maximum atomic E-state index is 12.6. The van der Waals surface area contributed by atoms with Gasteiger partial charge in [0, 0.05) is 6.42 Å². The summed E-state index contributed by atoms with van der Waals surface area (Å²) in [5, 5.41) is 22.5. The Morgan fingerprint density at radius 1 is 0.635 bits per heavy atom. The molecular weight excluding hydrogens is 656 g/mol. The maximum Gasteiger partial charge on any atom is 0.328 e. The van der Waals surface area contributed by atoms with Crippen molar-refractivity contribution in [3.8, 4) is 0 Å². The average molecular weight is 727 g/mol. The van der Waals surface area contributed by atoms with E-state index in [1.54, 1.807) is 0 Å². The summed E-state index contributed by atoms with van der Waals surface area (Å²) >= 11 is 0. The number of rotatable bonds is 34. The van der Waals surface area contributed by atoms with Crippen LogP contribution in [0.5, 0.6) is 0 Å². The monoisotopic (exact) mass is 727 g/mol. The largest absolute Gasteiger partial charge is 0.480 e. The molecule has 0 radical (unpaired) electrons. The molecule has 294 valence electrons. The zero-order chi connectivity index (χ0) is 38.3. The summed E-state index contributed by atoms with van der Waals surface area (Å²) in [6.07, 6.45) is 45.3. The first-order valence-electron chi connectivity index (χ1n) is 19.8. The number of carboxylic acids is 1. The van der Waals surface area contributed by atoms with Crippen molar-refractivity contribution in [1.82, 2.24) is 10.6 Å². The minimum absolute atomic E-state index is 0.207. The van der Waals surface area contributed by atoms with E-state index < -0.39 is 24.5 Å². The van der Waals surface area contributed by atoms with E-state index in [1.807, 2.05) is 12.2 Å². The van der Waals surface area contributed by atoms with Gasteiger partial charge in [0.2, 0.25) is 11.8 Å². The lowest BCUT2D eigenvalue weighted by atomic mass is 10.0. The van der Waals surface area contributed by atoms with Gasteiger partial charge in [-0.1, -0.05) is 138 Å². The van der Waals surface area contributed by atoms with Crippen LogP contribution in [0, 0.1) is 0 Å². The molecule has 0 saturated carbocycles. The highest BCUT2D eigenvalue weighted by atomic mass is 16.5. The Bertz CT molecular complexity index is 1110. The summed E-state index contributed by atoms with van der Waals surface area (Å²) < 4.78 is 5.85. The second kappa shape index (κ2) is 37.1. The molecule has 0 aliphatic carbocycles. The lowest BCUT2D eigenvalue weighted by molar-refractivity contribution is -0.146. The lowest BCUT2D eigenvalue weighted by Crippen LogP contribution is -2.47. The Kier molecular flexibility index (Phi) is 34.4. The van der Waals surface area contributed by atoms with E-state index in [-0.39, 0.29) is 37.4 Å². The molecular formula is C43H70N2O7. The Morgan fingerprint density at radius 2 is 1.17 bits per heavy atom. The topological polar surface area (TPSA) is 142 Å². The van der Waals surface area contributed by atoms with E-state index in [1.165, 1.54) is 32.1 Å². The minimum atomic E-state index is -1.39. The van der Waals surface area contributed by atoms with E-state index in [9.17, 15) is 19.2 Å². The number of amides is 2. The lowest BCUT2D eigenvalue weighted by Gasteiger charge is -2.14. The highest BCUT2D eigenvalue weighted by Crippen LogP contribution is 2.14. The van der Waals surface area contributed by atoms with Crippen molar-refractivity contribution < 1.29 is 34.1 Å². The molecule has 0 aliphatic rings. The van der Waals surface area contributed by atoms with E-state index in [4.69, 9.17) is 14.9 Å². The fraction of sp³-hybridized carbons (Fsp3) is 0.628. The van der Waals surface area contributed by atoms with E-state index >= 15 is 0 Å². The molecule has 2 atom stereocenters. The third kappa shape index (κ3) is 33.4. The average Bonchev–Trinajstić information content (AvgIpc) is 3.13. The molecule has 0 heterocycles. The third-order valence-electron chi connectivity index (χ3n) is 8.20. The molecule has 0 bridgehead atoms. The minimum Gasteiger partial charge on any atom is -0.480 e. The summed E-state index contributed by atoms with van der Waals surface area (Å²) in [4.78, 5) is 47.2. The second-order valence-electron chi connectivity index (χ2n) is 13.0. The van der Waals surface area contributed by atoms with Gasteiger partial charge >= 0.3 is 11.9 Å². The fourth-order valence-electron chi connectivity index (χ4n) is 5.17. The van der Waals surface area contributed by atoms with Crippen LogP contribution in [-0.2, 0) is 23.9 Å². The number of carbonyl (C=O) groups excluding carboxylic acids is 3. The molecule has 9 nitrogen and oxygen atoms in total. The molecule has 2 unspecified atom stereocenters. The van der Waals surface area contributed by atoms with Crippen molar-refractivity contribution in [3.63, 3.8) is 0 Å². The molecule has 2 amide bonds. The normalized spacial score (nSPS) is 13.3. The van der Waals surface area contributed by atoms with Gasteiger partial charge in [0.1, 0.15) is 12.1 Å².